The molecule has 1 unspecified atom stereocenters. The van der Waals surface area contributed by atoms with Crippen molar-refractivity contribution in [2.24, 2.45) is 4.99 Å². The van der Waals surface area contributed by atoms with Crippen LogP contribution in [0.5, 0.6) is 5.75 Å². The molecule has 1 aliphatic heterocycles. The minimum absolute atomic E-state index is 0.0535. The lowest BCUT2D eigenvalue weighted by atomic mass is 9.89. The molecule has 1 heterocycles. The fraction of sp³-hybridized carbons (Fsp3) is 0.500. The van der Waals surface area contributed by atoms with E-state index in [1.54, 1.807) is 7.11 Å². The zero-order valence-electron chi connectivity index (χ0n) is 12.6. The molecule has 1 aliphatic rings. The predicted molar refractivity (Wildman–Crippen MR) is 80.3 cm³/mol. The van der Waals surface area contributed by atoms with Gasteiger partial charge in [0, 0.05) is 12.3 Å². The molecule has 108 valence electrons. The van der Waals surface area contributed by atoms with Crippen LogP contribution in [0, 0.1) is 0 Å². The zero-order valence-corrected chi connectivity index (χ0v) is 12.6. The van der Waals surface area contributed by atoms with Gasteiger partial charge in [-0.25, -0.2) is 0 Å². The van der Waals surface area contributed by atoms with Crippen LogP contribution >= 0.6 is 0 Å². The van der Waals surface area contributed by atoms with E-state index in [2.05, 4.69) is 10.3 Å². The number of carbonyl (C=O) groups excluding carboxylic acids is 1. The van der Waals surface area contributed by atoms with Gasteiger partial charge in [0.15, 0.2) is 0 Å². The molecule has 4 nitrogen and oxygen atoms in total. The summed E-state index contributed by atoms with van der Waals surface area (Å²) in [6.45, 7) is 6.10. The van der Waals surface area contributed by atoms with Gasteiger partial charge in [0.1, 0.15) is 11.6 Å². The highest BCUT2D eigenvalue weighted by Crippen LogP contribution is 2.28. The Morgan fingerprint density at radius 2 is 1.90 bits per heavy atom. The number of piperidine rings is 1. The maximum Gasteiger partial charge on any atom is 0.225 e. The van der Waals surface area contributed by atoms with Crippen LogP contribution in [0.3, 0.4) is 0 Å². The second kappa shape index (κ2) is 5.65. The van der Waals surface area contributed by atoms with Gasteiger partial charge >= 0.3 is 0 Å². The van der Waals surface area contributed by atoms with Gasteiger partial charge in [0.25, 0.3) is 0 Å². The van der Waals surface area contributed by atoms with Gasteiger partial charge in [-0.2, -0.15) is 0 Å². The number of hydrogen-bond acceptors (Lipinski definition) is 3. The topological polar surface area (TPSA) is 50.7 Å². The molecule has 1 fully saturated rings. The Labute approximate surface area is 120 Å². The summed E-state index contributed by atoms with van der Waals surface area (Å²) < 4.78 is 5.18. The lowest BCUT2D eigenvalue weighted by Crippen LogP contribution is -2.41. The molecular weight excluding hydrogens is 252 g/mol. The molecule has 0 aromatic heterocycles. The quantitative estimate of drug-likeness (QED) is 0.901. The molecule has 0 bridgehead atoms. The fourth-order valence-corrected chi connectivity index (χ4v) is 2.33. The molecule has 0 radical (unpaired) electrons. The second-order valence-corrected chi connectivity index (χ2v) is 6.08. The first-order chi connectivity index (χ1) is 9.39. The van der Waals surface area contributed by atoms with Crippen molar-refractivity contribution < 1.29 is 9.53 Å². The summed E-state index contributed by atoms with van der Waals surface area (Å²) in [6, 6.07) is 7.97. The lowest BCUT2D eigenvalue weighted by molar-refractivity contribution is -0.120. The highest BCUT2D eigenvalue weighted by Gasteiger charge is 2.27. The molecular formula is C16H22N2O2. The van der Waals surface area contributed by atoms with Crippen molar-refractivity contribution in [3.63, 3.8) is 0 Å². The van der Waals surface area contributed by atoms with Crippen molar-refractivity contribution in [3.05, 3.63) is 29.8 Å². The van der Waals surface area contributed by atoms with Gasteiger partial charge in [-0.1, -0.05) is 12.1 Å². The van der Waals surface area contributed by atoms with E-state index in [0.717, 1.165) is 23.6 Å². The highest BCUT2D eigenvalue weighted by molar-refractivity contribution is 6.04. The van der Waals surface area contributed by atoms with Crippen molar-refractivity contribution in [2.75, 3.05) is 7.11 Å². The number of benzene rings is 1. The molecule has 1 aromatic carbocycles. The van der Waals surface area contributed by atoms with Crippen LogP contribution in [0.2, 0.25) is 0 Å². The standard InChI is InChI=1S/C16H22N2O2/c1-16(2,3)18-15-13(9-10-14(19)17-15)11-5-7-12(20-4)8-6-11/h5-8,13H,9-10H2,1-4H3,(H,17,18,19). The summed E-state index contributed by atoms with van der Waals surface area (Å²) in [5.41, 5.74) is 0.957. The number of carbonyl (C=O) groups is 1. The third kappa shape index (κ3) is 3.59. The minimum Gasteiger partial charge on any atom is -0.497 e. The summed E-state index contributed by atoms with van der Waals surface area (Å²) in [6.07, 6.45) is 1.34. The van der Waals surface area contributed by atoms with Crippen LogP contribution in [0.1, 0.15) is 45.1 Å². The van der Waals surface area contributed by atoms with E-state index in [9.17, 15) is 4.79 Å². The normalized spacial score (nSPS) is 21.7. The van der Waals surface area contributed by atoms with Crippen LogP contribution in [0.15, 0.2) is 29.3 Å². The fourth-order valence-electron chi connectivity index (χ4n) is 2.33. The van der Waals surface area contributed by atoms with Gasteiger partial charge in [0.2, 0.25) is 5.91 Å². The second-order valence-electron chi connectivity index (χ2n) is 6.08. The molecule has 2 rings (SSSR count). The van der Waals surface area contributed by atoms with E-state index in [4.69, 9.17) is 4.74 Å². The third-order valence-electron chi connectivity index (χ3n) is 3.23. The molecule has 20 heavy (non-hydrogen) atoms. The number of rotatable bonds is 2. The third-order valence-corrected chi connectivity index (χ3v) is 3.23. The Morgan fingerprint density at radius 1 is 1.25 bits per heavy atom. The minimum atomic E-state index is -0.204. The highest BCUT2D eigenvalue weighted by atomic mass is 16.5. The number of methoxy groups -OCH3 is 1. The Kier molecular flexibility index (Phi) is 4.12. The van der Waals surface area contributed by atoms with Crippen LogP contribution in [-0.4, -0.2) is 24.4 Å². The molecule has 1 aromatic rings. The predicted octanol–water partition coefficient (Wildman–Crippen LogP) is 2.89. The van der Waals surface area contributed by atoms with E-state index in [1.165, 1.54) is 0 Å². The Bertz CT molecular complexity index is 512. The summed E-state index contributed by atoms with van der Waals surface area (Å²) in [7, 11) is 1.66. The molecule has 1 N–H and O–H groups in total. The summed E-state index contributed by atoms with van der Waals surface area (Å²) >= 11 is 0. The van der Waals surface area contributed by atoms with Crippen molar-refractivity contribution >= 4 is 11.7 Å². The van der Waals surface area contributed by atoms with Crippen molar-refractivity contribution in [3.8, 4) is 5.75 Å². The maximum atomic E-state index is 11.6. The number of hydrogen-bond donors (Lipinski definition) is 1. The number of nitrogens with zero attached hydrogens (tertiary/aromatic N) is 1. The first-order valence-electron chi connectivity index (χ1n) is 6.92. The zero-order chi connectivity index (χ0) is 14.8. The number of amides is 1. The number of aliphatic imine (C=N–C) groups is 1. The van der Waals surface area contributed by atoms with Gasteiger partial charge in [-0.15, -0.1) is 0 Å². The molecule has 1 saturated heterocycles. The SMILES string of the molecule is COc1ccc(C2CCC(=O)NC2=NC(C)(C)C)cc1. The lowest BCUT2D eigenvalue weighted by Gasteiger charge is -2.27. The van der Waals surface area contributed by atoms with Crippen molar-refractivity contribution in [2.45, 2.75) is 45.1 Å². The monoisotopic (exact) mass is 274 g/mol. The van der Waals surface area contributed by atoms with E-state index < -0.39 is 0 Å². The van der Waals surface area contributed by atoms with E-state index in [1.807, 2.05) is 45.0 Å². The number of amidine groups is 1. The number of ether oxygens (including phenoxy) is 1. The number of nitrogens with one attached hydrogen (secondary N) is 1. The smallest absolute Gasteiger partial charge is 0.225 e. The largest absolute Gasteiger partial charge is 0.497 e. The average molecular weight is 274 g/mol. The first kappa shape index (κ1) is 14.6. The Balaban J connectivity index is 2.31. The van der Waals surface area contributed by atoms with Gasteiger partial charge in [0.05, 0.1) is 12.6 Å². The Morgan fingerprint density at radius 3 is 2.45 bits per heavy atom. The van der Waals surface area contributed by atoms with Crippen molar-refractivity contribution in [1.29, 1.82) is 0 Å². The van der Waals surface area contributed by atoms with E-state index in [0.29, 0.717) is 6.42 Å². The van der Waals surface area contributed by atoms with Gasteiger partial charge < -0.3 is 10.1 Å². The van der Waals surface area contributed by atoms with Crippen LogP contribution < -0.4 is 10.1 Å². The molecule has 0 spiro atoms. The summed E-state index contributed by atoms with van der Waals surface area (Å²) in [5.74, 6) is 1.82. The van der Waals surface area contributed by atoms with Crippen molar-refractivity contribution in [1.82, 2.24) is 5.32 Å². The molecule has 4 heteroatoms. The van der Waals surface area contributed by atoms with E-state index in [-0.39, 0.29) is 17.4 Å². The molecule has 1 atom stereocenters. The van der Waals surface area contributed by atoms with E-state index >= 15 is 0 Å². The van der Waals surface area contributed by atoms with Crippen LogP contribution in [0.25, 0.3) is 0 Å². The maximum absolute atomic E-state index is 11.6. The molecule has 1 amide bonds. The van der Waals surface area contributed by atoms with Gasteiger partial charge in [-0.3, -0.25) is 9.79 Å². The molecule has 0 saturated carbocycles. The average Bonchev–Trinajstić information content (AvgIpc) is 2.37. The summed E-state index contributed by atoms with van der Waals surface area (Å²) in [5, 5.41) is 2.93. The Hall–Kier alpha value is -1.84. The van der Waals surface area contributed by atoms with Crippen LogP contribution in [0.4, 0.5) is 0 Å². The van der Waals surface area contributed by atoms with Gasteiger partial charge in [-0.05, 0) is 44.9 Å². The first-order valence-corrected chi connectivity index (χ1v) is 6.92. The molecule has 0 aliphatic carbocycles. The van der Waals surface area contributed by atoms with Crippen LogP contribution in [-0.2, 0) is 4.79 Å². The summed E-state index contributed by atoms with van der Waals surface area (Å²) in [4.78, 5) is 16.3.